The second kappa shape index (κ2) is 8.71. The maximum Gasteiger partial charge on any atom is 0.307 e. The molecule has 0 aliphatic heterocycles. The van der Waals surface area contributed by atoms with Crippen molar-refractivity contribution in [2.24, 2.45) is 0 Å². The van der Waals surface area contributed by atoms with E-state index in [2.05, 4.69) is 4.74 Å². The summed E-state index contributed by atoms with van der Waals surface area (Å²) in [5.41, 5.74) is 1.44. The molecule has 0 bridgehead atoms. The van der Waals surface area contributed by atoms with Crippen molar-refractivity contribution in [2.75, 3.05) is 13.7 Å². The van der Waals surface area contributed by atoms with Gasteiger partial charge in [0.2, 0.25) is 0 Å². The number of carbonyl (C=O) groups excluding carboxylic acids is 2. The minimum atomic E-state index is -0.361. The Morgan fingerprint density at radius 3 is 2.04 bits per heavy atom. The van der Waals surface area contributed by atoms with Crippen LogP contribution in [-0.4, -0.2) is 30.4 Å². The first-order valence-corrected chi connectivity index (χ1v) is 8.11. The van der Waals surface area contributed by atoms with Gasteiger partial charge in [-0.2, -0.15) is 0 Å². The molecular weight excluding hydrogens is 349 g/mol. The minimum Gasteiger partial charge on any atom is -0.469 e. The van der Waals surface area contributed by atoms with Gasteiger partial charge in [-0.25, -0.2) is 0 Å². The highest BCUT2D eigenvalue weighted by atomic mass is 35.5. The van der Waals surface area contributed by atoms with Crippen molar-refractivity contribution in [3.8, 4) is 0 Å². The maximum absolute atomic E-state index is 12.7. The number of halogens is 2. The summed E-state index contributed by atoms with van der Waals surface area (Å²) in [5.74, 6) is -0.537. The van der Waals surface area contributed by atoms with E-state index in [9.17, 15) is 9.59 Å². The molecule has 0 aliphatic carbocycles. The van der Waals surface area contributed by atoms with Gasteiger partial charge in [-0.15, -0.1) is 0 Å². The second-order valence-electron chi connectivity index (χ2n) is 5.19. The van der Waals surface area contributed by atoms with E-state index in [1.54, 1.807) is 41.3 Å². The molecule has 0 fully saturated rings. The van der Waals surface area contributed by atoms with Gasteiger partial charge in [-0.1, -0.05) is 35.3 Å². The zero-order valence-corrected chi connectivity index (χ0v) is 14.7. The zero-order valence-electron chi connectivity index (χ0n) is 13.2. The van der Waals surface area contributed by atoms with Crippen molar-refractivity contribution < 1.29 is 14.3 Å². The molecule has 0 radical (unpaired) electrons. The van der Waals surface area contributed by atoms with E-state index in [0.29, 0.717) is 22.2 Å². The normalized spacial score (nSPS) is 10.3. The van der Waals surface area contributed by atoms with Crippen molar-refractivity contribution >= 4 is 35.1 Å². The number of carbonyl (C=O) groups is 2. The topological polar surface area (TPSA) is 46.6 Å². The number of methoxy groups -OCH3 is 1. The van der Waals surface area contributed by atoms with E-state index < -0.39 is 0 Å². The summed E-state index contributed by atoms with van der Waals surface area (Å²) in [4.78, 5) is 25.8. The molecule has 6 heteroatoms. The van der Waals surface area contributed by atoms with Crippen LogP contribution in [0.25, 0.3) is 0 Å². The lowest BCUT2D eigenvalue weighted by Crippen LogP contribution is -2.32. The monoisotopic (exact) mass is 365 g/mol. The quantitative estimate of drug-likeness (QED) is 0.720. The van der Waals surface area contributed by atoms with Gasteiger partial charge in [-0.05, 0) is 42.0 Å². The third-order valence-corrected chi connectivity index (χ3v) is 3.98. The minimum absolute atomic E-state index is 0.128. The predicted molar refractivity (Wildman–Crippen MR) is 94.3 cm³/mol. The zero-order chi connectivity index (χ0) is 17.5. The van der Waals surface area contributed by atoms with Crippen LogP contribution in [0.4, 0.5) is 0 Å². The standard InChI is InChI=1S/C18H17Cl2NO3/c1-24-17(22)10-11-21(12-13-2-6-15(19)7-3-13)18(23)14-4-8-16(20)9-5-14/h2-9H,10-12H2,1H3. The highest BCUT2D eigenvalue weighted by molar-refractivity contribution is 6.30. The van der Waals surface area contributed by atoms with Crippen molar-refractivity contribution in [1.29, 1.82) is 0 Å². The predicted octanol–water partition coefficient (Wildman–Crippen LogP) is 4.20. The first kappa shape index (κ1) is 18.3. The molecule has 0 N–H and O–H groups in total. The number of ether oxygens (including phenoxy) is 1. The number of esters is 1. The first-order chi connectivity index (χ1) is 11.5. The number of benzene rings is 2. The van der Waals surface area contributed by atoms with Crippen molar-refractivity contribution in [2.45, 2.75) is 13.0 Å². The summed E-state index contributed by atoms with van der Waals surface area (Å²) in [7, 11) is 1.33. The van der Waals surface area contributed by atoms with Gasteiger partial charge in [0.25, 0.3) is 5.91 Å². The first-order valence-electron chi connectivity index (χ1n) is 7.35. The Morgan fingerprint density at radius 1 is 0.958 bits per heavy atom. The molecule has 1 amide bonds. The summed E-state index contributed by atoms with van der Waals surface area (Å²) >= 11 is 11.8. The van der Waals surface area contributed by atoms with Gasteiger partial charge in [0.05, 0.1) is 13.5 Å². The Balaban J connectivity index is 2.17. The fourth-order valence-electron chi connectivity index (χ4n) is 2.17. The molecule has 2 aromatic rings. The van der Waals surface area contributed by atoms with Crippen LogP contribution in [0.3, 0.4) is 0 Å². The fraction of sp³-hybridized carbons (Fsp3) is 0.222. The molecule has 0 atom stereocenters. The Morgan fingerprint density at radius 2 is 1.50 bits per heavy atom. The molecule has 0 saturated carbocycles. The van der Waals surface area contributed by atoms with Gasteiger partial charge in [0.1, 0.15) is 0 Å². The average Bonchev–Trinajstić information content (AvgIpc) is 2.60. The van der Waals surface area contributed by atoms with E-state index in [1.165, 1.54) is 7.11 Å². The largest absolute Gasteiger partial charge is 0.469 e. The van der Waals surface area contributed by atoms with Crippen LogP contribution in [0, 0.1) is 0 Å². The Labute approximate surface area is 150 Å². The van der Waals surface area contributed by atoms with Crippen LogP contribution in [0.5, 0.6) is 0 Å². The Bertz CT molecular complexity index is 699. The van der Waals surface area contributed by atoms with Crippen molar-refractivity contribution in [3.63, 3.8) is 0 Å². The van der Waals surface area contributed by atoms with Crippen LogP contribution in [-0.2, 0) is 16.1 Å². The molecule has 0 aliphatic rings. The van der Waals surface area contributed by atoms with Crippen LogP contribution in [0.2, 0.25) is 10.0 Å². The van der Waals surface area contributed by atoms with Gasteiger partial charge in [0.15, 0.2) is 0 Å². The van der Waals surface area contributed by atoms with Crippen molar-refractivity contribution in [1.82, 2.24) is 4.90 Å². The summed E-state index contributed by atoms with van der Waals surface area (Å²) in [6.07, 6.45) is 0.128. The Kier molecular flexibility index (Phi) is 6.64. The van der Waals surface area contributed by atoms with Gasteiger partial charge < -0.3 is 9.64 Å². The number of rotatable bonds is 6. The van der Waals surface area contributed by atoms with E-state index >= 15 is 0 Å². The number of nitrogens with zero attached hydrogens (tertiary/aromatic N) is 1. The molecule has 126 valence electrons. The van der Waals surface area contributed by atoms with Gasteiger partial charge in [-0.3, -0.25) is 9.59 Å². The molecule has 2 aromatic carbocycles. The van der Waals surface area contributed by atoms with Gasteiger partial charge in [0, 0.05) is 28.7 Å². The van der Waals surface area contributed by atoms with Crippen LogP contribution in [0.15, 0.2) is 48.5 Å². The van der Waals surface area contributed by atoms with E-state index in [0.717, 1.165) is 5.56 Å². The van der Waals surface area contributed by atoms with Crippen molar-refractivity contribution in [3.05, 3.63) is 69.7 Å². The molecular formula is C18H17Cl2NO3. The SMILES string of the molecule is COC(=O)CCN(Cc1ccc(Cl)cc1)C(=O)c1ccc(Cl)cc1. The fourth-order valence-corrected chi connectivity index (χ4v) is 2.42. The lowest BCUT2D eigenvalue weighted by atomic mass is 10.1. The molecule has 0 aromatic heterocycles. The average molecular weight is 366 g/mol. The molecule has 24 heavy (non-hydrogen) atoms. The molecule has 0 unspecified atom stereocenters. The number of hydrogen-bond donors (Lipinski definition) is 0. The van der Waals surface area contributed by atoms with E-state index in [1.807, 2.05) is 12.1 Å². The second-order valence-corrected chi connectivity index (χ2v) is 6.06. The molecule has 0 heterocycles. The maximum atomic E-state index is 12.7. The lowest BCUT2D eigenvalue weighted by Gasteiger charge is -2.22. The molecule has 0 saturated heterocycles. The third kappa shape index (κ3) is 5.25. The lowest BCUT2D eigenvalue weighted by molar-refractivity contribution is -0.140. The van der Waals surface area contributed by atoms with Crippen LogP contribution < -0.4 is 0 Å². The summed E-state index contributed by atoms with van der Waals surface area (Å²) in [6, 6.07) is 13.9. The van der Waals surface area contributed by atoms with Crippen LogP contribution >= 0.6 is 23.2 Å². The van der Waals surface area contributed by atoms with Crippen LogP contribution in [0.1, 0.15) is 22.3 Å². The van der Waals surface area contributed by atoms with E-state index in [4.69, 9.17) is 23.2 Å². The highest BCUT2D eigenvalue weighted by Crippen LogP contribution is 2.16. The summed E-state index contributed by atoms with van der Waals surface area (Å²) < 4.78 is 4.66. The third-order valence-electron chi connectivity index (χ3n) is 3.48. The summed E-state index contributed by atoms with van der Waals surface area (Å²) in [6.45, 7) is 0.631. The molecule has 4 nitrogen and oxygen atoms in total. The number of hydrogen-bond acceptors (Lipinski definition) is 3. The highest BCUT2D eigenvalue weighted by Gasteiger charge is 2.17. The van der Waals surface area contributed by atoms with Gasteiger partial charge >= 0.3 is 5.97 Å². The number of amides is 1. The molecule has 2 rings (SSSR count). The Hall–Kier alpha value is -2.04. The molecule has 0 spiro atoms. The smallest absolute Gasteiger partial charge is 0.307 e. The van der Waals surface area contributed by atoms with E-state index in [-0.39, 0.29) is 24.8 Å². The summed E-state index contributed by atoms with van der Waals surface area (Å²) in [5, 5.41) is 1.19.